The maximum absolute atomic E-state index is 11.7. The fourth-order valence-electron chi connectivity index (χ4n) is 3.19. The second-order valence-electron chi connectivity index (χ2n) is 6.73. The van der Waals surface area contributed by atoms with Crippen molar-refractivity contribution in [2.75, 3.05) is 39.9 Å². The van der Waals surface area contributed by atoms with Crippen molar-refractivity contribution in [1.29, 1.82) is 0 Å². The number of para-hydroxylation sites is 1. The molecule has 1 heterocycles. The van der Waals surface area contributed by atoms with E-state index >= 15 is 0 Å². The van der Waals surface area contributed by atoms with Gasteiger partial charge < -0.3 is 14.0 Å². The van der Waals surface area contributed by atoms with Crippen molar-refractivity contribution in [3.05, 3.63) is 30.3 Å². The molecule has 2 rings (SSSR count). The van der Waals surface area contributed by atoms with Gasteiger partial charge in [-0.05, 0) is 37.8 Å². The number of quaternary nitrogens is 1. The van der Waals surface area contributed by atoms with Crippen LogP contribution in [-0.4, -0.2) is 50.3 Å². The molecule has 1 fully saturated rings. The summed E-state index contributed by atoms with van der Waals surface area (Å²) in [5.41, 5.74) is 0. The van der Waals surface area contributed by atoms with E-state index < -0.39 is 0 Å². The van der Waals surface area contributed by atoms with Crippen LogP contribution < -0.4 is 4.74 Å². The van der Waals surface area contributed by atoms with Crippen LogP contribution in [0.2, 0.25) is 0 Å². The molecule has 0 radical (unpaired) electrons. The van der Waals surface area contributed by atoms with E-state index in [1.54, 1.807) is 0 Å². The summed E-state index contributed by atoms with van der Waals surface area (Å²) in [4.78, 5) is 11.7. The first-order valence-corrected chi connectivity index (χ1v) is 8.85. The van der Waals surface area contributed by atoms with Crippen molar-refractivity contribution in [3.8, 4) is 5.75 Å². The van der Waals surface area contributed by atoms with Gasteiger partial charge in [-0.15, -0.1) is 0 Å². The lowest BCUT2D eigenvalue weighted by Crippen LogP contribution is -2.47. The van der Waals surface area contributed by atoms with Crippen LogP contribution in [0.3, 0.4) is 0 Å². The van der Waals surface area contributed by atoms with E-state index in [1.807, 2.05) is 30.3 Å². The first-order valence-electron chi connectivity index (χ1n) is 8.85. The van der Waals surface area contributed by atoms with Gasteiger partial charge >= 0.3 is 5.97 Å². The number of likely N-dealkylation sites (tertiary alicyclic amines) is 1. The summed E-state index contributed by atoms with van der Waals surface area (Å²) in [5, 5.41) is 0. The molecule has 128 valence electrons. The quantitative estimate of drug-likeness (QED) is 0.439. The maximum Gasteiger partial charge on any atom is 0.344 e. The fraction of sp³-hybridized carbons (Fsp3) is 0.632. The highest BCUT2D eigenvalue weighted by Gasteiger charge is 2.22. The molecule has 0 bridgehead atoms. The summed E-state index contributed by atoms with van der Waals surface area (Å²) < 4.78 is 11.8. The van der Waals surface area contributed by atoms with Gasteiger partial charge in [-0.25, -0.2) is 4.79 Å². The molecule has 1 aliphatic rings. The van der Waals surface area contributed by atoms with E-state index in [4.69, 9.17) is 9.47 Å². The molecule has 0 spiro atoms. The van der Waals surface area contributed by atoms with Crippen LogP contribution in [-0.2, 0) is 9.53 Å². The minimum Gasteiger partial charge on any atom is -0.482 e. The Balaban J connectivity index is 1.59. The summed E-state index contributed by atoms with van der Waals surface area (Å²) in [6.45, 7) is 4.07. The Bertz CT molecular complexity index is 453. The SMILES string of the molecule is C[N+]1(CCCOC(=O)COc2ccccc2)CCCCCCC1. The highest BCUT2D eigenvalue weighted by molar-refractivity contribution is 5.71. The summed E-state index contributed by atoms with van der Waals surface area (Å²) in [7, 11) is 2.34. The van der Waals surface area contributed by atoms with Crippen LogP contribution in [0.15, 0.2) is 30.3 Å². The topological polar surface area (TPSA) is 35.5 Å². The molecule has 0 saturated carbocycles. The van der Waals surface area contributed by atoms with Crippen molar-refractivity contribution in [2.24, 2.45) is 0 Å². The van der Waals surface area contributed by atoms with Crippen molar-refractivity contribution in [3.63, 3.8) is 0 Å². The van der Waals surface area contributed by atoms with E-state index in [0.29, 0.717) is 12.4 Å². The van der Waals surface area contributed by atoms with Gasteiger partial charge in [0, 0.05) is 6.42 Å². The summed E-state index contributed by atoms with van der Waals surface area (Å²) in [6.07, 6.45) is 7.67. The van der Waals surface area contributed by atoms with Gasteiger partial charge in [0.05, 0.1) is 33.3 Å². The van der Waals surface area contributed by atoms with Crippen molar-refractivity contribution in [1.82, 2.24) is 0 Å². The van der Waals surface area contributed by atoms with E-state index in [2.05, 4.69) is 7.05 Å². The van der Waals surface area contributed by atoms with Crippen LogP contribution in [0.5, 0.6) is 5.75 Å². The predicted molar refractivity (Wildman–Crippen MR) is 91.4 cm³/mol. The van der Waals surface area contributed by atoms with E-state index in [-0.39, 0.29) is 12.6 Å². The lowest BCUT2D eigenvalue weighted by molar-refractivity contribution is -0.910. The minimum absolute atomic E-state index is 0.0177. The Kier molecular flexibility index (Phi) is 7.40. The average molecular weight is 320 g/mol. The molecule has 1 aromatic rings. The number of carbonyl (C=O) groups is 1. The summed E-state index contributed by atoms with van der Waals surface area (Å²) in [6, 6.07) is 9.35. The number of esters is 1. The first-order chi connectivity index (χ1) is 11.2. The molecule has 1 aromatic carbocycles. The second kappa shape index (κ2) is 9.56. The first kappa shape index (κ1) is 17.8. The zero-order chi connectivity index (χ0) is 16.4. The highest BCUT2D eigenvalue weighted by atomic mass is 16.6. The van der Waals surface area contributed by atoms with E-state index in [9.17, 15) is 4.79 Å². The molecule has 1 aliphatic heterocycles. The van der Waals surface area contributed by atoms with Crippen molar-refractivity contribution < 1.29 is 18.8 Å². The molecule has 4 heteroatoms. The highest BCUT2D eigenvalue weighted by Crippen LogP contribution is 2.16. The molecule has 0 N–H and O–H groups in total. The molecule has 0 aromatic heterocycles. The van der Waals surface area contributed by atoms with Crippen molar-refractivity contribution in [2.45, 2.75) is 38.5 Å². The van der Waals surface area contributed by atoms with Crippen LogP contribution in [0.4, 0.5) is 0 Å². The fourth-order valence-corrected chi connectivity index (χ4v) is 3.19. The summed E-state index contributed by atoms with van der Waals surface area (Å²) >= 11 is 0. The predicted octanol–water partition coefficient (Wildman–Crippen LogP) is 3.41. The van der Waals surface area contributed by atoms with Crippen molar-refractivity contribution >= 4 is 5.97 Å². The molecule has 23 heavy (non-hydrogen) atoms. The monoisotopic (exact) mass is 320 g/mol. The Morgan fingerprint density at radius 2 is 1.70 bits per heavy atom. The molecular weight excluding hydrogens is 290 g/mol. The van der Waals surface area contributed by atoms with Gasteiger partial charge in [0.15, 0.2) is 6.61 Å². The molecule has 1 saturated heterocycles. The number of nitrogens with zero attached hydrogens (tertiary/aromatic N) is 1. The lowest BCUT2D eigenvalue weighted by atomic mass is 10.1. The maximum atomic E-state index is 11.7. The molecule has 0 atom stereocenters. The van der Waals surface area contributed by atoms with Gasteiger partial charge in [-0.2, -0.15) is 0 Å². The lowest BCUT2D eigenvalue weighted by Gasteiger charge is -2.36. The Hall–Kier alpha value is -1.55. The van der Waals surface area contributed by atoms with Crippen LogP contribution in [0, 0.1) is 0 Å². The Morgan fingerprint density at radius 3 is 2.39 bits per heavy atom. The normalized spacial score (nSPS) is 17.8. The third kappa shape index (κ3) is 7.04. The second-order valence-corrected chi connectivity index (χ2v) is 6.73. The number of ether oxygens (including phenoxy) is 2. The van der Waals surface area contributed by atoms with E-state index in [1.165, 1.54) is 45.2 Å². The van der Waals surface area contributed by atoms with Crippen LogP contribution in [0.25, 0.3) is 0 Å². The average Bonchev–Trinajstić information content (AvgIpc) is 2.55. The Labute approximate surface area is 140 Å². The third-order valence-corrected chi connectivity index (χ3v) is 4.60. The molecule has 4 nitrogen and oxygen atoms in total. The zero-order valence-corrected chi connectivity index (χ0v) is 14.3. The van der Waals surface area contributed by atoms with Gasteiger partial charge in [-0.1, -0.05) is 24.6 Å². The smallest absolute Gasteiger partial charge is 0.344 e. The third-order valence-electron chi connectivity index (χ3n) is 4.60. The van der Waals surface area contributed by atoms with Gasteiger partial charge in [0.1, 0.15) is 5.75 Å². The van der Waals surface area contributed by atoms with Gasteiger partial charge in [0.2, 0.25) is 0 Å². The minimum atomic E-state index is -0.288. The number of hydrogen-bond donors (Lipinski definition) is 0. The molecular formula is C19H30NO3+. The Morgan fingerprint density at radius 1 is 1.04 bits per heavy atom. The largest absolute Gasteiger partial charge is 0.482 e. The standard InChI is InChI=1S/C19H30NO3/c1-20(13-8-3-2-4-9-14-20)15-10-16-22-19(21)17-23-18-11-6-5-7-12-18/h5-7,11-12H,2-4,8-10,13-17H2,1H3/q+1. The van der Waals surface area contributed by atoms with Crippen LogP contribution in [0.1, 0.15) is 38.5 Å². The number of benzene rings is 1. The number of rotatable bonds is 7. The number of carbonyl (C=O) groups excluding carboxylic acids is 1. The van der Waals surface area contributed by atoms with Gasteiger partial charge in [0.25, 0.3) is 0 Å². The number of hydrogen-bond acceptors (Lipinski definition) is 3. The van der Waals surface area contributed by atoms with E-state index in [0.717, 1.165) is 17.4 Å². The van der Waals surface area contributed by atoms with Gasteiger partial charge in [-0.3, -0.25) is 0 Å². The molecule has 0 amide bonds. The van der Waals surface area contributed by atoms with Crippen LogP contribution >= 0.6 is 0 Å². The summed E-state index contributed by atoms with van der Waals surface area (Å²) in [5.74, 6) is 0.410. The zero-order valence-electron chi connectivity index (χ0n) is 14.3. The molecule has 0 aliphatic carbocycles. The molecule has 0 unspecified atom stereocenters.